The van der Waals surface area contributed by atoms with Crippen molar-refractivity contribution in [2.24, 2.45) is 7.05 Å². The number of halogens is 2. The van der Waals surface area contributed by atoms with Crippen molar-refractivity contribution in [3.8, 4) is 11.3 Å². The van der Waals surface area contributed by atoms with Gasteiger partial charge in [0.25, 0.3) is 0 Å². The monoisotopic (exact) mass is 481 g/mol. The molecule has 2 aliphatic heterocycles. The van der Waals surface area contributed by atoms with Crippen LogP contribution in [-0.4, -0.2) is 67.7 Å². The molecule has 0 spiro atoms. The van der Waals surface area contributed by atoms with Crippen LogP contribution in [-0.2, 0) is 31.4 Å². The standard InChI is InChI=1S/C25H29F2N7O/c1-16-12-32(14-18-4-5-20(26)10-21(18)27)8-9-34(16)25-24(19-11-28-31(3)13-19)29-23-15-33(17(2)35)7-6-22(23)30-25/h4-5,10-11,13,16H,6-9,12,14-15H2,1-3H3/t16-/m1/s1. The van der Waals surface area contributed by atoms with Crippen LogP contribution in [0.2, 0.25) is 0 Å². The largest absolute Gasteiger partial charge is 0.350 e. The number of aryl methyl sites for hydroxylation is 1. The van der Waals surface area contributed by atoms with Crippen LogP contribution in [0.4, 0.5) is 14.6 Å². The van der Waals surface area contributed by atoms with E-state index >= 15 is 0 Å². The lowest BCUT2D eigenvalue weighted by molar-refractivity contribution is -0.129. The van der Waals surface area contributed by atoms with Gasteiger partial charge >= 0.3 is 0 Å². The highest BCUT2D eigenvalue weighted by Gasteiger charge is 2.31. The van der Waals surface area contributed by atoms with Crippen LogP contribution in [0.15, 0.2) is 30.6 Å². The maximum atomic E-state index is 14.2. The summed E-state index contributed by atoms with van der Waals surface area (Å²) in [6.45, 7) is 7.34. The molecule has 0 saturated carbocycles. The number of piperazine rings is 1. The molecule has 0 radical (unpaired) electrons. The minimum atomic E-state index is -0.565. The molecular weight excluding hydrogens is 452 g/mol. The summed E-state index contributed by atoms with van der Waals surface area (Å²) in [5.74, 6) is -0.233. The summed E-state index contributed by atoms with van der Waals surface area (Å²) < 4.78 is 29.2. The lowest BCUT2D eigenvalue weighted by atomic mass is 10.1. The molecule has 0 bridgehead atoms. The highest BCUT2D eigenvalue weighted by atomic mass is 19.1. The molecule has 184 valence electrons. The first-order chi connectivity index (χ1) is 16.8. The Labute approximate surface area is 203 Å². The van der Waals surface area contributed by atoms with Gasteiger partial charge in [-0.05, 0) is 13.0 Å². The van der Waals surface area contributed by atoms with Gasteiger partial charge in [0.15, 0.2) is 5.82 Å². The molecule has 35 heavy (non-hydrogen) atoms. The Kier molecular flexibility index (Phi) is 6.22. The van der Waals surface area contributed by atoms with Crippen LogP contribution >= 0.6 is 0 Å². The predicted octanol–water partition coefficient (Wildman–Crippen LogP) is 2.77. The van der Waals surface area contributed by atoms with Crippen molar-refractivity contribution in [3.63, 3.8) is 0 Å². The van der Waals surface area contributed by atoms with Gasteiger partial charge in [0.2, 0.25) is 5.91 Å². The van der Waals surface area contributed by atoms with Crippen molar-refractivity contribution in [2.45, 2.75) is 39.4 Å². The average Bonchev–Trinajstić information content (AvgIpc) is 3.26. The fourth-order valence-corrected chi connectivity index (χ4v) is 4.91. The van der Waals surface area contributed by atoms with E-state index in [9.17, 15) is 13.6 Å². The van der Waals surface area contributed by atoms with Crippen molar-refractivity contribution in [1.82, 2.24) is 29.5 Å². The Bertz CT molecular complexity index is 1260. The number of hydrogen-bond acceptors (Lipinski definition) is 6. The van der Waals surface area contributed by atoms with E-state index < -0.39 is 11.6 Å². The lowest BCUT2D eigenvalue weighted by Crippen LogP contribution is -2.52. The quantitative estimate of drug-likeness (QED) is 0.571. The lowest BCUT2D eigenvalue weighted by Gasteiger charge is -2.41. The number of aromatic nitrogens is 4. The zero-order chi connectivity index (χ0) is 24.7. The Balaban J connectivity index is 1.42. The van der Waals surface area contributed by atoms with Crippen LogP contribution in [0.5, 0.6) is 0 Å². The van der Waals surface area contributed by atoms with Crippen molar-refractivity contribution >= 4 is 11.7 Å². The number of rotatable bonds is 4. The van der Waals surface area contributed by atoms with Gasteiger partial charge in [-0.3, -0.25) is 14.4 Å². The number of nitrogens with zero attached hydrogens (tertiary/aromatic N) is 7. The maximum absolute atomic E-state index is 14.2. The highest BCUT2D eigenvalue weighted by Crippen LogP contribution is 2.32. The molecule has 1 amide bonds. The molecule has 2 aliphatic rings. The number of carbonyl (C=O) groups excluding carboxylic acids is 1. The third-order valence-electron chi connectivity index (χ3n) is 6.81. The van der Waals surface area contributed by atoms with Crippen molar-refractivity contribution in [1.29, 1.82) is 0 Å². The molecule has 0 unspecified atom stereocenters. The van der Waals surface area contributed by atoms with Gasteiger partial charge in [-0.1, -0.05) is 6.07 Å². The molecule has 1 saturated heterocycles. The molecular formula is C25H29F2N7O. The molecule has 1 fully saturated rings. The van der Waals surface area contributed by atoms with Crippen molar-refractivity contribution < 1.29 is 13.6 Å². The molecule has 2 aromatic heterocycles. The second-order valence-electron chi connectivity index (χ2n) is 9.40. The molecule has 1 aromatic carbocycles. The Morgan fingerprint density at radius 3 is 2.66 bits per heavy atom. The molecule has 3 aromatic rings. The molecule has 0 N–H and O–H groups in total. The highest BCUT2D eigenvalue weighted by molar-refractivity contribution is 5.74. The fraction of sp³-hybridized carbons (Fsp3) is 0.440. The Morgan fingerprint density at radius 1 is 1.14 bits per heavy atom. The molecule has 0 aliphatic carbocycles. The second kappa shape index (κ2) is 9.33. The number of carbonyl (C=O) groups is 1. The fourth-order valence-electron chi connectivity index (χ4n) is 4.91. The van der Waals surface area contributed by atoms with Gasteiger partial charge < -0.3 is 9.80 Å². The van der Waals surface area contributed by atoms with Gasteiger partial charge in [-0.25, -0.2) is 18.7 Å². The molecule has 1 atom stereocenters. The summed E-state index contributed by atoms with van der Waals surface area (Å²) in [6.07, 6.45) is 4.37. The van der Waals surface area contributed by atoms with E-state index in [0.717, 1.165) is 34.5 Å². The summed E-state index contributed by atoms with van der Waals surface area (Å²) in [5.41, 5.74) is 3.87. The third-order valence-corrected chi connectivity index (χ3v) is 6.81. The second-order valence-corrected chi connectivity index (χ2v) is 9.40. The van der Waals surface area contributed by atoms with Crippen LogP contribution < -0.4 is 4.90 Å². The van der Waals surface area contributed by atoms with Crippen LogP contribution in [0, 0.1) is 11.6 Å². The smallest absolute Gasteiger partial charge is 0.219 e. The van der Waals surface area contributed by atoms with E-state index in [1.807, 2.05) is 13.2 Å². The first-order valence-electron chi connectivity index (χ1n) is 11.9. The van der Waals surface area contributed by atoms with Crippen LogP contribution in [0.1, 0.15) is 30.8 Å². The van der Waals surface area contributed by atoms with Gasteiger partial charge in [-0.2, -0.15) is 5.10 Å². The zero-order valence-electron chi connectivity index (χ0n) is 20.2. The van der Waals surface area contributed by atoms with Gasteiger partial charge in [0.1, 0.15) is 17.3 Å². The molecule has 8 nitrogen and oxygen atoms in total. The number of amides is 1. The maximum Gasteiger partial charge on any atom is 0.219 e. The van der Waals surface area contributed by atoms with Gasteiger partial charge in [0, 0.05) is 82.5 Å². The average molecular weight is 482 g/mol. The Hall–Kier alpha value is -3.40. The normalized spacial score (nSPS) is 18.6. The molecule has 5 rings (SSSR count). The first-order valence-corrected chi connectivity index (χ1v) is 11.9. The van der Waals surface area contributed by atoms with Crippen LogP contribution in [0.3, 0.4) is 0 Å². The number of anilines is 1. The zero-order valence-corrected chi connectivity index (χ0v) is 20.2. The third kappa shape index (κ3) is 4.75. The van der Waals surface area contributed by atoms with Crippen molar-refractivity contribution in [3.05, 3.63) is 59.2 Å². The number of fused-ring (bicyclic) bond motifs is 1. The SMILES string of the molecule is CC(=O)N1CCc2nc(N3CCN(Cc4ccc(F)cc4F)C[C@H]3C)c(-c3cnn(C)c3)nc2C1. The van der Waals surface area contributed by atoms with Gasteiger partial charge in [-0.15, -0.1) is 0 Å². The molecule has 4 heterocycles. The predicted molar refractivity (Wildman–Crippen MR) is 127 cm³/mol. The van der Waals surface area contributed by atoms with E-state index in [4.69, 9.17) is 9.97 Å². The number of hydrogen-bond donors (Lipinski definition) is 0. The van der Waals surface area contributed by atoms with E-state index in [2.05, 4.69) is 21.8 Å². The summed E-state index contributed by atoms with van der Waals surface area (Å²) in [4.78, 5) is 28.2. The van der Waals surface area contributed by atoms with E-state index in [1.165, 1.54) is 12.1 Å². The topological polar surface area (TPSA) is 70.4 Å². The summed E-state index contributed by atoms with van der Waals surface area (Å²) in [5, 5.41) is 4.32. The summed E-state index contributed by atoms with van der Waals surface area (Å²) >= 11 is 0. The first kappa shape index (κ1) is 23.3. The Morgan fingerprint density at radius 2 is 1.97 bits per heavy atom. The minimum Gasteiger partial charge on any atom is -0.350 e. The molecule has 10 heteroatoms. The number of benzene rings is 1. The summed E-state index contributed by atoms with van der Waals surface area (Å²) in [7, 11) is 1.86. The van der Waals surface area contributed by atoms with Crippen molar-refractivity contribution in [2.75, 3.05) is 31.1 Å². The van der Waals surface area contributed by atoms with E-state index in [-0.39, 0.29) is 11.9 Å². The van der Waals surface area contributed by atoms with E-state index in [0.29, 0.717) is 51.3 Å². The summed E-state index contributed by atoms with van der Waals surface area (Å²) in [6, 6.07) is 3.85. The van der Waals surface area contributed by atoms with Crippen LogP contribution in [0.25, 0.3) is 11.3 Å². The van der Waals surface area contributed by atoms with Gasteiger partial charge in [0.05, 0.1) is 24.1 Å². The minimum absolute atomic E-state index is 0.0341. The van der Waals surface area contributed by atoms with E-state index in [1.54, 1.807) is 22.7 Å².